The van der Waals surface area contributed by atoms with E-state index in [-0.39, 0.29) is 5.91 Å². The fraction of sp³-hybridized carbons (Fsp3) is 0.467. The maximum absolute atomic E-state index is 11.4. The van der Waals surface area contributed by atoms with Gasteiger partial charge in [0, 0.05) is 32.6 Å². The van der Waals surface area contributed by atoms with Crippen LogP contribution in [0.5, 0.6) is 0 Å². The Bertz CT molecular complexity index is 713. The van der Waals surface area contributed by atoms with Crippen LogP contribution in [0.1, 0.15) is 12.8 Å². The van der Waals surface area contributed by atoms with E-state index in [1.54, 1.807) is 0 Å². The highest BCUT2D eigenvalue weighted by Gasteiger charge is 2.20. The van der Waals surface area contributed by atoms with Gasteiger partial charge in [0.25, 0.3) is 0 Å². The number of benzene rings is 1. The number of fused-ring (bicyclic) bond motifs is 1. The summed E-state index contributed by atoms with van der Waals surface area (Å²) in [6.45, 7) is 4.46. The summed E-state index contributed by atoms with van der Waals surface area (Å²) in [5, 5.41) is 0. The van der Waals surface area contributed by atoms with Crippen molar-refractivity contribution in [3.63, 3.8) is 0 Å². The minimum absolute atomic E-state index is 0.243. The number of aromatic amines is 1. The molecule has 1 amide bonds. The number of anilines is 1. The lowest BCUT2D eigenvalue weighted by atomic mass is 10.2. The third-order valence-corrected chi connectivity index (χ3v) is 4.04. The van der Waals surface area contributed by atoms with Crippen molar-refractivity contribution in [1.29, 1.82) is 0 Å². The molecule has 0 radical (unpaired) electrons. The van der Waals surface area contributed by atoms with E-state index in [0.717, 1.165) is 50.3 Å². The zero-order valence-electron chi connectivity index (χ0n) is 12.4. The molecule has 7 heteroatoms. The minimum atomic E-state index is -0.424. The Hall–Kier alpha value is -2.28. The monoisotopic (exact) mass is 304 g/mol. The second kappa shape index (κ2) is 6.23. The summed E-state index contributed by atoms with van der Waals surface area (Å²) in [6, 6.07) is 5.73. The van der Waals surface area contributed by atoms with Gasteiger partial charge in [0.1, 0.15) is 0 Å². The van der Waals surface area contributed by atoms with Crippen LogP contribution in [-0.4, -0.2) is 48.5 Å². The van der Waals surface area contributed by atoms with Crippen LogP contribution in [0.2, 0.25) is 0 Å². The molecule has 0 aliphatic carbocycles. The lowest BCUT2D eigenvalue weighted by Crippen LogP contribution is -2.46. The molecule has 1 aromatic heterocycles. The van der Waals surface area contributed by atoms with Crippen molar-refractivity contribution < 1.29 is 9.21 Å². The van der Waals surface area contributed by atoms with Gasteiger partial charge < -0.3 is 15.1 Å². The average molecular weight is 304 g/mol. The first-order chi connectivity index (χ1) is 10.6. The summed E-state index contributed by atoms with van der Waals surface area (Å²) in [5.41, 5.74) is 7.46. The van der Waals surface area contributed by atoms with E-state index in [1.165, 1.54) is 0 Å². The molecule has 0 saturated carbocycles. The van der Waals surface area contributed by atoms with E-state index in [9.17, 15) is 9.59 Å². The molecule has 3 rings (SSSR count). The Morgan fingerprint density at radius 3 is 2.77 bits per heavy atom. The van der Waals surface area contributed by atoms with Crippen molar-refractivity contribution in [3.8, 4) is 0 Å². The number of nitrogens with zero attached hydrogens (tertiary/aromatic N) is 2. The molecular formula is C15H20N4O3. The summed E-state index contributed by atoms with van der Waals surface area (Å²) in [5.74, 6) is -0.666. The predicted octanol–water partition coefficient (Wildman–Crippen LogP) is 0.509. The number of amides is 1. The summed E-state index contributed by atoms with van der Waals surface area (Å²) in [7, 11) is 0. The van der Waals surface area contributed by atoms with Crippen molar-refractivity contribution in [2.75, 3.05) is 37.6 Å². The van der Waals surface area contributed by atoms with Crippen LogP contribution in [0.15, 0.2) is 27.4 Å². The average Bonchev–Trinajstić information content (AvgIpc) is 2.87. The molecular weight excluding hydrogens is 284 g/mol. The Morgan fingerprint density at radius 2 is 2.05 bits per heavy atom. The first kappa shape index (κ1) is 14.6. The maximum Gasteiger partial charge on any atom is 0.417 e. The Balaban J connectivity index is 1.63. The Labute approximate surface area is 127 Å². The van der Waals surface area contributed by atoms with E-state index in [1.807, 2.05) is 18.2 Å². The van der Waals surface area contributed by atoms with Gasteiger partial charge in [-0.25, -0.2) is 4.79 Å². The van der Waals surface area contributed by atoms with E-state index in [0.29, 0.717) is 12.0 Å². The molecule has 1 fully saturated rings. The Morgan fingerprint density at radius 1 is 1.27 bits per heavy atom. The number of hydrogen-bond donors (Lipinski definition) is 2. The van der Waals surface area contributed by atoms with Gasteiger partial charge in [-0.2, -0.15) is 0 Å². The van der Waals surface area contributed by atoms with Gasteiger partial charge in [-0.05, 0) is 25.1 Å². The number of primary amides is 1. The van der Waals surface area contributed by atoms with E-state index in [4.69, 9.17) is 10.2 Å². The first-order valence-electron chi connectivity index (χ1n) is 7.51. The number of carbonyl (C=O) groups excluding carboxylic acids is 1. The molecule has 1 aliphatic rings. The topological polar surface area (TPSA) is 95.6 Å². The summed E-state index contributed by atoms with van der Waals surface area (Å²) >= 11 is 0. The number of nitrogens with one attached hydrogen (secondary N) is 1. The van der Waals surface area contributed by atoms with Gasteiger partial charge in [-0.15, -0.1) is 0 Å². The molecule has 0 unspecified atom stereocenters. The van der Waals surface area contributed by atoms with Crippen molar-refractivity contribution in [2.24, 2.45) is 5.73 Å². The number of aromatic nitrogens is 1. The van der Waals surface area contributed by atoms with Gasteiger partial charge >= 0.3 is 5.76 Å². The normalized spacial score (nSPS) is 16.3. The quantitative estimate of drug-likeness (QED) is 0.839. The van der Waals surface area contributed by atoms with Crippen LogP contribution in [0.25, 0.3) is 11.1 Å². The van der Waals surface area contributed by atoms with Crippen molar-refractivity contribution in [2.45, 2.75) is 12.8 Å². The van der Waals surface area contributed by atoms with Gasteiger partial charge in [-0.3, -0.25) is 14.7 Å². The lowest BCUT2D eigenvalue weighted by molar-refractivity contribution is -0.118. The van der Waals surface area contributed by atoms with Crippen molar-refractivity contribution in [1.82, 2.24) is 9.88 Å². The maximum atomic E-state index is 11.4. The van der Waals surface area contributed by atoms with Crippen LogP contribution in [-0.2, 0) is 4.79 Å². The lowest BCUT2D eigenvalue weighted by Gasteiger charge is -2.35. The van der Waals surface area contributed by atoms with Gasteiger partial charge in [0.05, 0.1) is 11.2 Å². The van der Waals surface area contributed by atoms with Crippen LogP contribution in [0, 0.1) is 0 Å². The smallest absolute Gasteiger partial charge is 0.406 e. The summed E-state index contributed by atoms with van der Waals surface area (Å²) in [4.78, 5) is 29.4. The Kier molecular flexibility index (Phi) is 4.15. The molecule has 0 bridgehead atoms. The predicted molar refractivity (Wildman–Crippen MR) is 83.9 cm³/mol. The van der Waals surface area contributed by atoms with Crippen LogP contribution in [0.3, 0.4) is 0 Å². The fourth-order valence-electron chi connectivity index (χ4n) is 2.90. The number of rotatable bonds is 5. The zero-order chi connectivity index (χ0) is 15.5. The summed E-state index contributed by atoms with van der Waals surface area (Å²) < 4.78 is 5.25. The van der Waals surface area contributed by atoms with Gasteiger partial charge in [0.2, 0.25) is 5.91 Å². The van der Waals surface area contributed by atoms with E-state index >= 15 is 0 Å². The number of oxazole rings is 1. The molecule has 7 nitrogen and oxygen atoms in total. The van der Waals surface area contributed by atoms with Crippen LogP contribution < -0.4 is 16.4 Å². The van der Waals surface area contributed by atoms with Gasteiger partial charge in [-0.1, -0.05) is 6.07 Å². The SMILES string of the molecule is NC(=O)CCCN1CCN(c2cccc3[nH]c(=O)oc23)CC1. The highest BCUT2D eigenvalue weighted by molar-refractivity contribution is 5.86. The molecule has 1 aromatic carbocycles. The van der Waals surface area contributed by atoms with Crippen molar-refractivity contribution in [3.05, 3.63) is 28.7 Å². The number of carbonyl (C=O) groups is 1. The summed E-state index contributed by atoms with van der Waals surface area (Å²) in [6.07, 6.45) is 1.24. The van der Waals surface area contributed by atoms with Crippen LogP contribution >= 0.6 is 0 Å². The zero-order valence-corrected chi connectivity index (χ0v) is 12.4. The minimum Gasteiger partial charge on any atom is -0.406 e. The molecule has 2 aromatic rings. The molecule has 0 atom stereocenters. The number of para-hydroxylation sites is 1. The second-order valence-electron chi connectivity index (χ2n) is 5.57. The molecule has 2 heterocycles. The fourth-order valence-corrected chi connectivity index (χ4v) is 2.90. The first-order valence-corrected chi connectivity index (χ1v) is 7.51. The highest BCUT2D eigenvalue weighted by Crippen LogP contribution is 2.25. The molecule has 1 saturated heterocycles. The highest BCUT2D eigenvalue weighted by atomic mass is 16.4. The standard InChI is InChI=1S/C15H20N4O3/c16-13(20)5-2-6-18-7-9-19(10-8-18)12-4-1-3-11-14(12)22-15(21)17-11/h1,3-4H,2,5-10H2,(H2,16,20)(H,17,21). The number of piperazine rings is 1. The second-order valence-corrected chi connectivity index (χ2v) is 5.57. The van der Waals surface area contributed by atoms with Crippen LogP contribution in [0.4, 0.5) is 5.69 Å². The molecule has 22 heavy (non-hydrogen) atoms. The van der Waals surface area contributed by atoms with E-state index < -0.39 is 5.76 Å². The number of H-pyrrole nitrogens is 1. The van der Waals surface area contributed by atoms with Gasteiger partial charge in [0.15, 0.2) is 5.58 Å². The third kappa shape index (κ3) is 3.14. The largest absolute Gasteiger partial charge is 0.417 e. The van der Waals surface area contributed by atoms with E-state index in [2.05, 4.69) is 14.8 Å². The number of nitrogens with two attached hydrogens (primary N) is 1. The number of hydrogen-bond acceptors (Lipinski definition) is 5. The molecule has 0 spiro atoms. The molecule has 1 aliphatic heterocycles. The third-order valence-electron chi connectivity index (χ3n) is 4.04. The molecule has 118 valence electrons. The molecule has 3 N–H and O–H groups in total. The van der Waals surface area contributed by atoms with Crippen molar-refractivity contribution >= 4 is 22.7 Å².